The molecule has 5 nitrogen and oxygen atoms in total. The fourth-order valence-electron chi connectivity index (χ4n) is 1.14. The minimum absolute atomic E-state index is 0.128. The van der Waals surface area contributed by atoms with Gasteiger partial charge in [0.2, 0.25) is 5.11 Å². The summed E-state index contributed by atoms with van der Waals surface area (Å²) in [5.41, 5.74) is 3.62. The molecule has 0 fully saturated rings. The Bertz CT molecular complexity index is 421. The van der Waals surface area contributed by atoms with Crippen LogP contribution >= 0.6 is 12.2 Å². The summed E-state index contributed by atoms with van der Waals surface area (Å²) in [6.45, 7) is 2.37. The van der Waals surface area contributed by atoms with Crippen molar-refractivity contribution < 1.29 is 14.9 Å². The lowest BCUT2D eigenvalue weighted by atomic mass is 10.2. The lowest BCUT2D eigenvalue weighted by Gasteiger charge is -2.05. The summed E-state index contributed by atoms with van der Waals surface area (Å²) >= 11 is 4.89. The zero-order valence-electron chi connectivity index (χ0n) is 9.78. The zero-order chi connectivity index (χ0) is 12.7. The van der Waals surface area contributed by atoms with Crippen LogP contribution in [0, 0.1) is 0 Å². The number of hydrogen-bond acceptors (Lipinski definition) is 3. The first kappa shape index (κ1) is 13.2. The average Bonchev–Trinajstić information content (AvgIpc) is 2.33. The van der Waals surface area contributed by atoms with Crippen molar-refractivity contribution in [1.29, 1.82) is 0 Å². The molecule has 0 spiro atoms. The molecule has 0 saturated carbocycles. The van der Waals surface area contributed by atoms with Crippen LogP contribution in [0.1, 0.15) is 12.5 Å². The topological polar surface area (TPSA) is 67.5 Å². The number of hydrogen-bond donors (Lipinski definition) is 4. The second-order valence-electron chi connectivity index (χ2n) is 3.15. The molecule has 1 aromatic rings. The molecule has 0 saturated heterocycles. The number of rotatable bonds is 4. The van der Waals surface area contributed by atoms with Gasteiger partial charge >= 0.3 is 0 Å². The van der Waals surface area contributed by atoms with Crippen LogP contribution in [0.2, 0.25) is 0 Å². The van der Waals surface area contributed by atoms with Crippen LogP contribution in [0.4, 0.5) is 0 Å². The van der Waals surface area contributed by atoms with Crippen LogP contribution in [-0.2, 0) is 0 Å². The highest BCUT2D eigenvalue weighted by molar-refractivity contribution is 7.80. The normalized spacial score (nSPS) is 10.2. The Hall–Kier alpha value is -1.82. The molecule has 1 rings (SSSR count). The van der Waals surface area contributed by atoms with Crippen molar-refractivity contribution in [3.05, 3.63) is 23.8 Å². The maximum Gasteiger partial charge on any atom is 0.223 e. The number of nitrogens with one attached hydrogen (secondary N) is 3. The third kappa shape index (κ3) is 4.28. The molecule has 0 heterocycles. The van der Waals surface area contributed by atoms with E-state index in [0.717, 1.165) is 5.56 Å². The van der Waals surface area contributed by atoms with E-state index < -0.39 is 0 Å². The molecular weight excluding hydrogens is 238 g/mol. The molecule has 0 aliphatic rings. The molecule has 0 atom stereocenters. The van der Waals surface area contributed by atoms with Crippen molar-refractivity contribution in [2.45, 2.75) is 6.92 Å². The van der Waals surface area contributed by atoms with Crippen LogP contribution < -0.4 is 20.6 Å². The summed E-state index contributed by atoms with van der Waals surface area (Å²) in [4.78, 5) is 0. The molecule has 6 heteroatoms. The number of thiocarbonyl (C=S) groups is 1. The number of phenols is 1. The first-order chi connectivity index (χ1) is 8.17. The van der Waals surface area contributed by atoms with E-state index in [1.165, 1.54) is 0 Å². The van der Waals surface area contributed by atoms with Gasteiger partial charge in [0.1, 0.15) is 0 Å². The molecule has 0 aromatic heterocycles. The van der Waals surface area contributed by atoms with Gasteiger partial charge in [-0.2, -0.15) is 0 Å². The minimum atomic E-state index is 0.128. The molecular formula is C11H16N3O2S+. The summed E-state index contributed by atoms with van der Waals surface area (Å²) < 4.78 is 5.27. The van der Waals surface area contributed by atoms with E-state index in [1.807, 2.05) is 6.92 Å². The van der Waals surface area contributed by atoms with Gasteiger partial charge in [0, 0.05) is 12.6 Å². The lowest BCUT2D eigenvalue weighted by molar-refractivity contribution is -0.500. The number of phenolic OH excluding ortho intramolecular Hbond substituents is 1. The molecule has 0 unspecified atom stereocenters. The highest BCUT2D eigenvalue weighted by Gasteiger charge is 2.03. The second kappa shape index (κ2) is 6.70. The van der Waals surface area contributed by atoms with Gasteiger partial charge < -0.3 is 15.2 Å². The molecule has 92 valence electrons. The largest absolute Gasteiger partial charge is 0.504 e. The smallest absolute Gasteiger partial charge is 0.223 e. The van der Waals surface area contributed by atoms with Gasteiger partial charge in [0.25, 0.3) is 0 Å². The first-order valence-corrected chi connectivity index (χ1v) is 5.60. The van der Waals surface area contributed by atoms with Gasteiger partial charge in [-0.3, -0.25) is 0 Å². The highest BCUT2D eigenvalue weighted by Crippen LogP contribution is 2.25. The Kier molecular flexibility index (Phi) is 5.22. The van der Waals surface area contributed by atoms with Crippen LogP contribution in [0.15, 0.2) is 18.2 Å². The Morgan fingerprint density at radius 3 is 3.00 bits per heavy atom. The van der Waals surface area contributed by atoms with Crippen molar-refractivity contribution in [2.75, 3.05) is 13.7 Å². The van der Waals surface area contributed by atoms with Crippen LogP contribution in [0.5, 0.6) is 11.5 Å². The Morgan fingerprint density at radius 2 is 2.35 bits per heavy atom. The number of hydrazone groups is 1. The maximum absolute atomic E-state index is 9.51. The second-order valence-corrected chi connectivity index (χ2v) is 3.56. The molecule has 1 aromatic carbocycles. The van der Waals surface area contributed by atoms with E-state index in [-0.39, 0.29) is 5.75 Å². The van der Waals surface area contributed by atoms with Crippen LogP contribution in [-0.4, -0.2) is 30.1 Å². The lowest BCUT2D eigenvalue weighted by Crippen LogP contribution is -2.82. The minimum Gasteiger partial charge on any atom is -0.504 e. The fraction of sp³-hybridized carbons (Fsp3) is 0.273. The van der Waals surface area contributed by atoms with Crippen LogP contribution in [0.3, 0.4) is 0 Å². The first-order valence-electron chi connectivity index (χ1n) is 5.19. The Labute approximate surface area is 105 Å². The Balaban J connectivity index is 2.71. The Morgan fingerprint density at radius 1 is 1.59 bits per heavy atom. The molecule has 0 amide bonds. The average molecular weight is 254 g/mol. The van der Waals surface area contributed by atoms with Crippen molar-refractivity contribution in [2.24, 2.45) is 0 Å². The van der Waals surface area contributed by atoms with E-state index in [9.17, 15) is 5.11 Å². The fourth-order valence-corrected chi connectivity index (χ4v) is 1.20. The predicted molar refractivity (Wildman–Crippen MR) is 70.2 cm³/mol. The van der Waals surface area contributed by atoms with Gasteiger partial charge in [0.15, 0.2) is 17.7 Å². The van der Waals surface area contributed by atoms with E-state index >= 15 is 0 Å². The molecule has 0 radical (unpaired) electrons. The van der Waals surface area contributed by atoms with Gasteiger partial charge in [-0.1, -0.05) is 0 Å². The standard InChI is InChI=1S/C11H15N3O2S/c1-3-16-10-6-8(4-5-9(10)15)7-13-14-11(17)12-2/h4-7,15H,3H2,1-2H3,(H2,12,14,17)/p+1/b13-7+. The quantitative estimate of drug-likeness (QED) is 0.325. The molecule has 0 aliphatic heterocycles. The third-order valence-corrected chi connectivity index (χ3v) is 2.24. The van der Waals surface area contributed by atoms with Gasteiger partial charge in [-0.15, -0.1) is 10.5 Å². The van der Waals surface area contributed by atoms with E-state index in [4.69, 9.17) is 17.0 Å². The van der Waals surface area contributed by atoms with Crippen molar-refractivity contribution in [3.63, 3.8) is 0 Å². The van der Waals surface area contributed by atoms with Gasteiger partial charge in [-0.25, -0.2) is 0 Å². The monoisotopic (exact) mass is 254 g/mol. The maximum atomic E-state index is 9.51. The number of ether oxygens (including phenoxy) is 1. The third-order valence-electron chi connectivity index (χ3n) is 1.94. The number of hydrazine groups is 1. The number of aromatic hydroxyl groups is 1. The summed E-state index contributed by atoms with van der Waals surface area (Å²) in [7, 11) is 1.73. The molecule has 17 heavy (non-hydrogen) atoms. The zero-order valence-corrected chi connectivity index (χ0v) is 10.6. The van der Waals surface area contributed by atoms with E-state index in [0.29, 0.717) is 17.5 Å². The van der Waals surface area contributed by atoms with E-state index in [2.05, 4.69) is 15.8 Å². The number of benzene rings is 1. The summed E-state index contributed by atoms with van der Waals surface area (Å²) in [6, 6.07) is 5.07. The molecule has 0 aliphatic carbocycles. The molecule has 4 N–H and O–H groups in total. The van der Waals surface area contributed by atoms with Crippen molar-refractivity contribution in [3.8, 4) is 11.5 Å². The predicted octanol–water partition coefficient (Wildman–Crippen LogP) is -0.701. The summed E-state index contributed by atoms with van der Waals surface area (Å²) in [5, 5.41) is 15.6. The highest BCUT2D eigenvalue weighted by atomic mass is 32.1. The van der Waals surface area contributed by atoms with Crippen LogP contribution in [0.25, 0.3) is 0 Å². The summed E-state index contributed by atoms with van der Waals surface area (Å²) in [6.07, 6.45) is 1.71. The summed E-state index contributed by atoms with van der Waals surface area (Å²) in [5.74, 6) is 0.585. The molecule has 0 bridgehead atoms. The van der Waals surface area contributed by atoms with Gasteiger partial charge in [-0.05, 0) is 37.3 Å². The van der Waals surface area contributed by atoms with Crippen molar-refractivity contribution >= 4 is 23.5 Å². The van der Waals surface area contributed by atoms with E-state index in [1.54, 1.807) is 31.5 Å². The van der Waals surface area contributed by atoms with Crippen molar-refractivity contribution in [1.82, 2.24) is 10.7 Å². The van der Waals surface area contributed by atoms with Gasteiger partial charge in [0.05, 0.1) is 6.61 Å². The SMILES string of the molecule is CCOc1cc(/C=[NH+]/NC(=S)NC)ccc1O.